The van der Waals surface area contributed by atoms with Gasteiger partial charge in [0.05, 0.1) is 7.05 Å². The Labute approximate surface area is 159 Å². The zero-order valence-electron chi connectivity index (χ0n) is 12.7. The van der Waals surface area contributed by atoms with Gasteiger partial charge in [-0.25, -0.2) is 11.6 Å². The molecule has 0 atom stereocenters. The van der Waals surface area contributed by atoms with Crippen molar-refractivity contribution in [2.24, 2.45) is 7.05 Å². The molecule has 2 aromatic carbocycles. The molecule has 0 saturated carbocycles. The molecule has 22 heavy (non-hydrogen) atoms. The topological polar surface area (TPSA) is 16.8 Å². The smallest absolute Gasteiger partial charge is 0.257 e. The molecule has 3 aromatic rings. The Morgan fingerprint density at radius 2 is 1.77 bits per heavy atom. The first-order valence-electron chi connectivity index (χ1n) is 6.57. The molecule has 4 radical (unpaired) electrons. The van der Waals surface area contributed by atoms with Crippen LogP contribution in [0.1, 0.15) is 5.56 Å². The third kappa shape index (κ3) is 3.91. The molecule has 0 saturated heterocycles. The van der Waals surface area contributed by atoms with Crippen molar-refractivity contribution in [1.82, 2.24) is 4.98 Å². The zero-order chi connectivity index (χ0) is 13.9. The summed E-state index contributed by atoms with van der Waals surface area (Å²) in [5.41, 5.74) is 5.22. The molecule has 0 N–H and O–H groups in total. The van der Waals surface area contributed by atoms with Gasteiger partial charge in [0, 0.05) is 46.8 Å². The van der Waals surface area contributed by atoms with Crippen LogP contribution in [0.2, 0.25) is 0 Å². The molecule has 0 aliphatic carbocycles. The largest absolute Gasteiger partial charge is 0.272 e. The number of hydrogen-bond acceptors (Lipinski definition) is 1. The van der Waals surface area contributed by atoms with E-state index in [1.807, 2.05) is 54.3 Å². The minimum Gasteiger partial charge on any atom is -0.257 e. The number of hydrogen-bond donors (Lipinski definition) is 0. The number of benzene rings is 2. The number of aromatic nitrogens is 2. The van der Waals surface area contributed by atoms with Crippen LogP contribution in [0.25, 0.3) is 22.5 Å². The first-order valence-corrected chi connectivity index (χ1v) is 6.57. The van der Waals surface area contributed by atoms with Gasteiger partial charge in [-0.05, 0) is 5.69 Å². The molecule has 0 aliphatic rings. The molecule has 4 heteroatoms. The van der Waals surface area contributed by atoms with Crippen LogP contribution in [-0.4, -0.2) is 13.4 Å². The van der Waals surface area contributed by atoms with Crippen molar-refractivity contribution in [3.8, 4) is 22.5 Å². The van der Waals surface area contributed by atoms with Crippen LogP contribution < -0.4 is 4.57 Å². The van der Waals surface area contributed by atoms with Crippen molar-refractivity contribution in [3.63, 3.8) is 0 Å². The van der Waals surface area contributed by atoms with Crippen LogP contribution in [0.5, 0.6) is 0 Å². The third-order valence-electron chi connectivity index (χ3n) is 3.31. The van der Waals surface area contributed by atoms with Crippen LogP contribution in [0.4, 0.5) is 0 Å². The summed E-state index contributed by atoms with van der Waals surface area (Å²) in [6.07, 6.45) is 1.83. The van der Waals surface area contributed by atoms with Crippen molar-refractivity contribution >= 4 is 8.41 Å². The Kier molecular flexibility index (Phi) is 7.12. The maximum Gasteiger partial charge on any atom is 0.272 e. The van der Waals surface area contributed by atoms with E-state index in [1.165, 1.54) is 11.1 Å². The van der Waals surface area contributed by atoms with Gasteiger partial charge in [0.15, 0.2) is 0 Å². The molecule has 0 fully saturated rings. The van der Waals surface area contributed by atoms with E-state index in [4.69, 9.17) is 0 Å². The number of rotatable bonds is 2. The quantitative estimate of drug-likeness (QED) is 0.391. The first kappa shape index (κ1) is 18.7. The van der Waals surface area contributed by atoms with E-state index in [9.17, 15) is 0 Å². The summed E-state index contributed by atoms with van der Waals surface area (Å²) >= 11 is 0. The van der Waals surface area contributed by atoms with Crippen molar-refractivity contribution in [1.29, 1.82) is 0 Å². The fourth-order valence-electron chi connectivity index (χ4n) is 2.21. The van der Waals surface area contributed by atoms with Crippen molar-refractivity contribution in [2.75, 3.05) is 0 Å². The fraction of sp³-hybridized carbons (Fsp3) is 0.111. The molecule has 0 bridgehead atoms. The second-order valence-electron chi connectivity index (χ2n) is 4.77. The van der Waals surface area contributed by atoms with E-state index in [0.717, 1.165) is 17.0 Å². The van der Waals surface area contributed by atoms with Gasteiger partial charge >= 0.3 is 0 Å². The maximum absolute atomic E-state index is 4.44. The Hall–Kier alpha value is -1.31. The average Bonchev–Trinajstić information content (AvgIpc) is 2.49. The Bertz CT molecular complexity index is 745. The van der Waals surface area contributed by atoms with Crippen LogP contribution >= 0.6 is 0 Å². The molecule has 0 spiro atoms. The summed E-state index contributed by atoms with van der Waals surface area (Å²) in [5.74, 6) is 0. The average molecular weight is 359 g/mol. The van der Waals surface area contributed by atoms with Crippen molar-refractivity contribution in [3.05, 3.63) is 72.6 Å². The Balaban J connectivity index is 0.00000121. The van der Waals surface area contributed by atoms with Crippen LogP contribution in [0.15, 0.2) is 54.9 Å². The molecule has 2 nitrogen and oxygen atoms in total. The molecular weight excluding hydrogens is 344 g/mol. The molecular formula is C18H15BN2Y-. The summed E-state index contributed by atoms with van der Waals surface area (Å²) in [5, 5.41) is 0. The van der Waals surface area contributed by atoms with Gasteiger partial charge in [-0.1, -0.05) is 36.2 Å². The molecule has 1 heterocycles. The summed E-state index contributed by atoms with van der Waals surface area (Å²) in [6, 6.07) is 22.8. The predicted molar refractivity (Wildman–Crippen MR) is 84.4 cm³/mol. The maximum atomic E-state index is 4.44. The monoisotopic (exact) mass is 359 g/mol. The first-order chi connectivity index (χ1) is 9.75. The van der Waals surface area contributed by atoms with Crippen LogP contribution in [0.3, 0.4) is 0 Å². The van der Waals surface area contributed by atoms with Gasteiger partial charge in [0.25, 0.3) is 6.33 Å². The number of nitrogens with zero attached hydrogens (tertiary/aromatic N) is 2. The standard InChI is InChI=1S/C18H15N2.B.Y/c1-14-8-6-7-11-16(14)18-12-17(19-13-20(18)2)15-9-4-3-5-10-15;;/h3-9,11,13H,1-2H3;;/q-1;;. The molecule has 3 rings (SSSR count). The normalized spacial score (nSPS) is 9.55. The number of aryl methyl sites for hydroxylation is 2. The molecule has 104 valence electrons. The van der Waals surface area contributed by atoms with Gasteiger partial charge in [-0.2, -0.15) is 18.2 Å². The predicted octanol–water partition coefficient (Wildman–Crippen LogP) is 2.77. The van der Waals surface area contributed by atoms with Gasteiger partial charge in [0.2, 0.25) is 0 Å². The summed E-state index contributed by atoms with van der Waals surface area (Å²) in [6.45, 7) is 2.11. The second-order valence-corrected chi connectivity index (χ2v) is 4.77. The molecule has 1 aromatic heterocycles. The summed E-state index contributed by atoms with van der Waals surface area (Å²) in [7, 11) is 1.99. The van der Waals surface area contributed by atoms with Crippen LogP contribution in [0, 0.1) is 19.1 Å². The van der Waals surface area contributed by atoms with Gasteiger partial charge in [-0.3, -0.25) is 4.57 Å². The summed E-state index contributed by atoms with van der Waals surface area (Å²) < 4.78 is 1.99. The van der Waals surface area contributed by atoms with E-state index in [1.54, 1.807) is 0 Å². The van der Waals surface area contributed by atoms with E-state index in [2.05, 4.69) is 36.2 Å². The minimum absolute atomic E-state index is 0. The Morgan fingerprint density at radius 3 is 2.45 bits per heavy atom. The van der Waals surface area contributed by atoms with Gasteiger partial charge < -0.3 is 0 Å². The second kappa shape index (κ2) is 8.36. The zero-order valence-corrected chi connectivity index (χ0v) is 15.6. The molecule has 0 aliphatic heterocycles. The summed E-state index contributed by atoms with van der Waals surface area (Å²) in [4.78, 5) is 4.44. The van der Waals surface area contributed by atoms with E-state index in [0.29, 0.717) is 0 Å². The fourth-order valence-corrected chi connectivity index (χ4v) is 2.21. The SMILES string of the molecule is Cc1ccccc1-c1[c-]c(-c2[c-]cccc2)nc[n+]1C.[B].[Y]. The van der Waals surface area contributed by atoms with Gasteiger partial charge in [0.1, 0.15) is 0 Å². The van der Waals surface area contributed by atoms with E-state index < -0.39 is 0 Å². The van der Waals surface area contributed by atoms with Crippen molar-refractivity contribution in [2.45, 2.75) is 6.92 Å². The van der Waals surface area contributed by atoms with Crippen LogP contribution in [-0.2, 0) is 39.8 Å². The van der Waals surface area contributed by atoms with Gasteiger partial charge in [-0.15, -0.1) is 23.2 Å². The van der Waals surface area contributed by atoms with Crippen molar-refractivity contribution < 1.29 is 37.3 Å². The van der Waals surface area contributed by atoms with E-state index >= 15 is 0 Å². The minimum atomic E-state index is 0. The molecule has 0 unspecified atom stereocenters. The third-order valence-corrected chi connectivity index (χ3v) is 3.31. The molecule has 0 amide bonds. The Morgan fingerprint density at radius 1 is 1.05 bits per heavy atom. The van der Waals surface area contributed by atoms with E-state index in [-0.39, 0.29) is 41.1 Å².